The predicted molar refractivity (Wildman–Crippen MR) is 78.2 cm³/mol. The van der Waals surface area contributed by atoms with E-state index in [1.165, 1.54) is 16.5 Å². The van der Waals surface area contributed by atoms with Crippen LogP contribution >= 0.6 is 0 Å². The van der Waals surface area contributed by atoms with Crippen molar-refractivity contribution in [2.24, 2.45) is 18.9 Å². The van der Waals surface area contributed by atoms with Crippen LogP contribution in [0.5, 0.6) is 0 Å². The third-order valence-corrected chi connectivity index (χ3v) is 4.75. The highest BCUT2D eigenvalue weighted by Gasteiger charge is 2.41. The van der Waals surface area contributed by atoms with Gasteiger partial charge in [0.1, 0.15) is 0 Å². The Bertz CT molecular complexity index is 675. The summed E-state index contributed by atoms with van der Waals surface area (Å²) < 4.78 is 2.14. The van der Waals surface area contributed by atoms with Gasteiger partial charge in [0.2, 0.25) is 5.91 Å². The zero-order chi connectivity index (χ0) is 13.7. The van der Waals surface area contributed by atoms with Crippen LogP contribution in [0.25, 0.3) is 10.9 Å². The number of amides is 1. The molecule has 2 fully saturated rings. The van der Waals surface area contributed by atoms with E-state index in [1.807, 2.05) is 0 Å². The fraction of sp³-hybridized carbons (Fsp3) is 0.438. The quantitative estimate of drug-likeness (QED) is 0.893. The van der Waals surface area contributed by atoms with Gasteiger partial charge in [-0.25, -0.2) is 0 Å². The molecule has 2 aliphatic rings. The van der Waals surface area contributed by atoms with Gasteiger partial charge in [-0.1, -0.05) is 6.07 Å². The number of fused-ring (bicyclic) bond motifs is 2. The van der Waals surface area contributed by atoms with Crippen LogP contribution in [0.4, 0.5) is 0 Å². The summed E-state index contributed by atoms with van der Waals surface area (Å²) in [6, 6.07) is 8.82. The van der Waals surface area contributed by atoms with Crippen molar-refractivity contribution in [2.75, 3.05) is 19.6 Å². The second kappa shape index (κ2) is 4.35. The van der Waals surface area contributed by atoms with Crippen LogP contribution in [-0.2, 0) is 18.4 Å². The van der Waals surface area contributed by atoms with E-state index >= 15 is 0 Å². The summed E-state index contributed by atoms with van der Waals surface area (Å²) in [5.41, 5.74) is 2.61. The summed E-state index contributed by atoms with van der Waals surface area (Å²) in [4.78, 5) is 14.1. The fourth-order valence-electron chi connectivity index (χ4n) is 3.64. The van der Waals surface area contributed by atoms with Crippen molar-refractivity contribution in [3.05, 3.63) is 36.0 Å². The standard InChI is InChI=1S/C16H19N3O/c1-18-5-4-12-6-11(2-3-15(12)18)8-19-9-13-7-17-16(20)14(13)10-19/h2-6,13-14H,7-10H2,1H3,(H,17,20)/t13-,14+/m0/s1. The molecule has 0 bridgehead atoms. The molecule has 1 aromatic carbocycles. The number of rotatable bonds is 2. The second-order valence-corrected chi connectivity index (χ2v) is 6.13. The van der Waals surface area contributed by atoms with E-state index in [1.54, 1.807) is 0 Å². The minimum Gasteiger partial charge on any atom is -0.355 e. The monoisotopic (exact) mass is 269 g/mol. The summed E-state index contributed by atoms with van der Waals surface area (Å²) in [5, 5.41) is 4.26. The first kappa shape index (κ1) is 12.0. The molecule has 2 aliphatic heterocycles. The highest BCUT2D eigenvalue weighted by Crippen LogP contribution is 2.28. The molecule has 0 radical (unpaired) electrons. The lowest BCUT2D eigenvalue weighted by Crippen LogP contribution is -2.28. The smallest absolute Gasteiger partial charge is 0.224 e. The maximum absolute atomic E-state index is 11.7. The maximum atomic E-state index is 11.7. The number of aromatic nitrogens is 1. The molecule has 4 rings (SSSR count). The molecule has 1 amide bonds. The molecule has 1 N–H and O–H groups in total. The number of carbonyl (C=O) groups excluding carboxylic acids is 1. The van der Waals surface area contributed by atoms with E-state index in [9.17, 15) is 4.79 Å². The summed E-state index contributed by atoms with van der Waals surface area (Å²) in [6.45, 7) is 3.75. The highest BCUT2D eigenvalue weighted by atomic mass is 16.2. The average Bonchev–Trinajstić information content (AvgIpc) is 3.08. The van der Waals surface area contributed by atoms with Crippen molar-refractivity contribution in [1.29, 1.82) is 0 Å². The molecule has 0 spiro atoms. The Balaban J connectivity index is 1.52. The van der Waals surface area contributed by atoms with Crippen molar-refractivity contribution in [3.8, 4) is 0 Å². The Kier molecular flexibility index (Phi) is 2.60. The first-order chi connectivity index (χ1) is 9.70. The third-order valence-electron chi connectivity index (χ3n) is 4.75. The van der Waals surface area contributed by atoms with Gasteiger partial charge in [0.15, 0.2) is 0 Å². The molecule has 0 aliphatic carbocycles. The normalized spacial score (nSPS) is 26.1. The number of carbonyl (C=O) groups is 1. The van der Waals surface area contributed by atoms with Crippen LogP contribution < -0.4 is 5.32 Å². The molecule has 4 heteroatoms. The molecule has 20 heavy (non-hydrogen) atoms. The number of hydrogen-bond acceptors (Lipinski definition) is 2. The van der Waals surface area contributed by atoms with Crippen LogP contribution in [0.2, 0.25) is 0 Å². The Labute approximate surface area is 118 Å². The number of benzene rings is 1. The molecule has 0 unspecified atom stereocenters. The van der Waals surface area contributed by atoms with Crippen LogP contribution in [0.1, 0.15) is 5.56 Å². The Morgan fingerprint density at radius 3 is 3.05 bits per heavy atom. The van der Waals surface area contributed by atoms with Gasteiger partial charge < -0.3 is 9.88 Å². The topological polar surface area (TPSA) is 37.3 Å². The summed E-state index contributed by atoms with van der Waals surface area (Å²) in [7, 11) is 2.07. The first-order valence-corrected chi connectivity index (χ1v) is 7.25. The van der Waals surface area contributed by atoms with E-state index in [2.05, 4.69) is 52.3 Å². The van der Waals surface area contributed by atoms with Gasteiger partial charge >= 0.3 is 0 Å². The van der Waals surface area contributed by atoms with Gasteiger partial charge in [0.25, 0.3) is 0 Å². The average molecular weight is 269 g/mol. The number of hydrogen-bond donors (Lipinski definition) is 1. The molecular formula is C16H19N3O. The van der Waals surface area contributed by atoms with Gasteiger partial charge in [-0.3, -0.25) is 9.69 Å². The van der Waals surface area contributed by atoms with Crippen LogP contribution in [-0.4, -0.2) is 35.0 Å². The lowest BCUT2D eigenvalue weighted by molar-refractivity contribution is -0.122. The van der Waals surface area contributed by atoms with E-state index in [0.29, 0.717) is 5.92 Å². The van der Waals surface area contributed by atoms with Crippen molar-refractivity contribution < 1.29 is 4.79 Å². The van der Waals surface area contributed by atoms with Gasteiger partial charge in [0, 0.05) is 50.9 Å². The number of likely N-dealkylation sites (tertiary alicyclic amines) is 1. The first-order valence-electron chi connectivity index (χ1n) is 7.25. The summed E-state index contributed by atoms with van der Waals surface area (Å²) in [5.74, 6) is 0.981. The molecule has 2 atom stereocenters. The maximum Gasteiger partial charge on any atom is 0.224 e. The molecule has 2 aromatic rings. The Morgan fingerprint density at radius 1 is 1.30 bits per heavy atom. The SMILES string of the molecule is Cn1ccc2cc(CN3C[C@@H]4CNC(=O)[C@@H]4C3)ccc21. The Hall–Kier alpha value is -1.81. The van der Waals surface area contributed by atoms with Crippen LogP contribution in [0, 0.1) is 11.8 Å². The van der Waals surface area contributed by atoms with E-state index in [-0.39, 0.29) is 11.8 Å². The zero-order valence-electron chi connectivity index (χ0n) is 11.7. The minimum atomic E-state index is 0.218. The molecule has 2 saturated heterocycles. The van der Waals surface area contributed by atoms with Crippen molar-refractivity contribution in [3.63, 3.8) is 0 Å². The predicted octanol–water partition coefficient (Wildman–Crippen LogP) is 1.36. The number of aryl methyl sites for hydroxylation is 1. The second-order valence-electron chi connectivity index (χ2n) is 6.13. The molecule has 1 aromatic heterocycles. The van der Waals surface area contributed by atoms with Gasteiger partial charge in [-0.2, -0.15) is 0 Å². The minimum absolute atomic E-state index is 0.218. The summed E-state index contributed by atoms with van der Waals surface area (Å²) in [6.07, 6.45) is 2.10. The van der Waals surface area contributed by atoms with Crippen molar-refractivity contribution >= 4 is 16.8 Å². The van der Waals surface area contributed by atoms with E-state index in [4.69, 9.17) is 0 Å². The number of nitrogens with one attached hydrogen (secondary N) is 1. The lowest BCUT2D eigenvalue weighted by Gasteiger charge is -2.17. The highest BCUT2D eigenvalue weighted by molar-refractivity contribution is 5.82. The van der Waals surface area contributed by atoms with E-state index < -0.39 is 0 Å². The molecule has 0 saturated carbocycles. The third kappa shape index (κ3) is 1.83. The molecule has 3 heterocycles. The molecular weight excluding hydrogens is 250 g/mol. The lowest BCUT2D eigenvalue weighted by atomic mass is 10.0. The molecule has 4 nitrogen and oxygen atoms in total. The van der Waals surface area contributed by atoms with Crippen LogP contribution in [0.3, 0.4) is 0 Å². The summed E-state index contributed by atoms with van der Waals surface area (Å²) >= 11 is 0. The zero-order valence-corrected chi connectivity index (χ0v) is 11.7. The molecule has 104 valence electrons. The van der Waals surface area contributed by atoms with Crippen molar-refractivity contribution in [2.45, 2.75) is 6.54 Å². The van der Waals surface area contributed by atoms with Gasteiger partial charge in [0.05, 0.1) is 5.92 Å². The number of nitrogens with zero attached hydrogens (tertiary/aromatic N) is 2. The van der Waals surface area contributed by atoms with Crippen LogP contribution in [0.15, 0.2) is 30.5 Å². The van der Waals surface area contributed by atoms with E-state index in [0.717, 1.165) is 26.2 Å². The Morgan fingerprint density at radius 2 is 2.20 bits per heavy atom. The fourth-order valence-corrected chi connectivity index (χ4v) is 3.64. The van der Waals surface area contributed by atoms with Gasteiger partial charge in [-0.15, -0.1) is 0 Å². The largest absolute Gasteiger partial charge is 0.355 e. The van der Waals surface area contributed by atoms with Crippen molar-refractivity contribution in [1.82, 2.24) is 14.8 Å². The van der Waals surface area contributed by atoms with Gasteiger partial charge in [-0.05, 0) is 29.1 Å².